The first-order chi connectivity index (χ1) is 14.9. The Kier molecular flexibility index (Phi) is 8.95. The third-order valence-electron chi connectivity index (χ3n) is 4.87. The van der Waals surface area contributed by atoms with E-state index in [4.69, 9.17) is 23.2 Å². The van der Waals surface area contributed by atoms with E-state index >= 15 is 0 Å². The van der Waals surface area contributed by atoms with Crippen LogP contribution >= 0.6 is 23.2 Å². The van der Waals surface area contributed by atoms with Crippen molar-refractivity contribution in [3.05, 3.63) is 63.6 Å². The normalized spacial score (nSPS) is 12.2. The van der Waals surface area contributed by atoms with Crippen molar-refractivity contribution in [1.29, 1.82) is 0 Å². The number of nitrogens with one attached hydrogen (secondary N) is 1. The number of hydrogen-bond donors (Lipinski definition) is 1. The van der Waals surface area contributed by atoms with Gasteiger partial charge in [-0.15, -0.1) is 0 Å². The van der Waals surface area contributed by atoms with Gasteiger partial charge in [-0.2, -0.15) is 0 Å². The summed E-state index contributed by atoms with van der Waals surface area (Å²) in [4.78, 5) is 27.2. The molecule has 10 heteroatoms. The molecule has 0 saturated carbocycles. The Morgan fingerprint density at radius 3 is 2.31 bits per heavy atom. The minimum absolute atomic E-state index is 0.0922. The Bertz CT molecular complexity index is 1090. The number of amides is 2. The molecule has 174 valence electrons. The highest BCUT2D eigenvalue weighted by atomic mass is 35.5. The van der Waals surface area contributed by atoms with Gasteiger partial charge in [0.25, 0.3) is 0 Å². The van der Waals surface area contributed by atoms with Crippen molar-refractivity contribution in [3.8, 4) is 0 Å². The van der Waals surface area contributed by atoms with E-state index in [1.807, 2.05) is 0 Å². The van der Waals surface area contributed by atoms with Crippen molar-refractivity contribution in [1.82, 2.24) is 10.2 Å². The number of rotatable bonds is 9. The lowest BCUT2D eigenvalue weighted by molar-refractivity contribution is -0.139. The molecule has 7 nitrogen and oxygen atoms in total. The molecule has 0 saturated heterocycles. The Morgan fingerprint density at radius 1 is 1.09 bits per heavy atom. The average molecular weight is 500 g/mol. The van der Waals surface area contributed by atoms with Crippen molar-refractivity contribution >= 4 is 50.7 Å². The van der Waals surface area contributed by atoms with Crippen LogP contribution in [0.3, 0.4) is 0 Å². The van der Waals surface area contributed by atoms with Gasteiger partial charge in [-0.05, 0) is 62.2 Å². The minimum Gasteiger partial charge on any atom is -0.355 e. The van der Waals surface area contributed by atoms with Crippen LogP contribution in [0.4, 0.5) is 5.69 Å². The Labute approximate surface area is 199 Å². The summed E-state index contributed by atoms with van der Waals surface area (Å²) in [6.45, 7) is 5.13. The van der Waals surface area contributed by atoms with E-state index in [-0.39, 0.29) is 12.5 Å². The molecule has 32 heavy (non-hydrogen) atoms. The number of likely N-dealkylation sites (N-methyl/N-ethyl adjacent to an activating group) is 1. The molecule has 0 unspecified atom stereocenters. The van der Waals surface area contributed by atoms with E-state index in [9.17, 15) is 18.0 Å². The van der Waals surface area contributed by atoms with Crippen LogP contribution in [0.25, 0.3) is 0 Å². The average Bonchev–Trinajstić information content (AvgIpc) is 2.69. The van der Waals surface area contributed by atoms with Gasteiger partial charge in [-0.3, -0.25) is 13.9 Å². The molecule has 1 N–H and O–H groups in total. The van der Waals surface area contributed by atoms with Crippen LogP contribution in [-0.2, 0) is 26.2 Å². The molecule has 2 aromatic rings. The van der Waals surface area contributed by atoms with Gasteiger partial charge >= 0.3 is 0 Å². The number of carbonyl (C=O) groups is 2. The van der Waals surface area contributed by atoms with E-state index < -0.39 is 28.5 Å². The first kappa shape index (κ1) is 26.0. The van der Waals surface area contributed by atoms with Crippen LogP contribution in [0.2, 0.25) is 10.0 Å². The van der Waals surface area contributed by atoms with Crippen molar-refractivity contribution in [2.24, 2.45) is 0 Å². The molecule has 0 aliphatic heterocycles. The molecule has 0 spiro atoms. The summed E-state index contributed by atoms with van der Waals surface area (Å²) >= 11 is 12.1. The zero-order chi connectivity index (χ0) is 24.1. The second-order valence-corrected chi connectivity index (χ2v) is 10.2. The maximum atomic E-state index is 13.4. The SMILES string of the molecule is CCNC(=O)[C@@H](C)N(Cc1cccc(Cl)c1)C(=O)CN(c1ccc(Cl)cc1C)S(C)(=O)=O. The first-order valence-corrected chi connectivity index (χ1v) is 12.6. The maximum absolute atomic E-state index is 13.4. The van der Waals surface area contributed by atoms with Gasteiger partial charge in [-0.25, -0.2) is 8.42 Å². The number of hydrogen-bond acceptors (Lipinski definition) is 4. The smallest absolute Gasteiger partial charge is 0.244 e. The topological polar surface area (TPSA) is 86.8 Å². The van der Waals surface area contributed by atoms with Crippen molar-refractivity contribution in [2.75, 3.05) is 23.7 Å². The fourth-order valence-electron chi connectivity index (χ4n) is 3.23. The molecule has 2 aromatic carbocycles. The molecule has 0 bridgehead atoms. The molecule has 0 aliphatic rings. The molecule has 1 atom stereocenters. The molecule has 0 fully saturated rings. The van der Waals surface area contributed by atoms with Crippen LogP contribution in [0.15, 0.2) is 42.5 Å². The number of benzene rings is 2. The van der Waals surface area contributed by atoms with Gasteiger partial charge < -0.3 is 10.2 Å². The lowest BCUT2D eigenvalue weighted by Crippen LogP contribution is -2.51. The fourth-order valence-corrected chi connectivity index (χ4v) is 4.58. The van der Waals surface area contributed by atoms with Gasteiger partial charge in [-0.1, -0.05) is 35.3 Å². The predicted octanol–water partition coefficient (Wildman–Crippen LogP) is 3.62. The molecule has 0 aliphatic carbocycles. The van der Waals surface area contributed by atoms with Gasteiger partial charge in [0.2, 0.25) is 21.8 Å². The second kappa shape index (κ2) is 11.0. The van der Waals surface area contributed by atoms with E-state index in [1.165, 1.54) is 4.90 Å². The number of nitrogens with zero attached hydrogens (tertiary/aromatic N) is 2. The van der Waals surface area contributed by atoms with Gasteiger partial charge in [0.05, 0.1) is 11.9 Å². The zero-order valence-corrected chi connectivity index (χ0v) is 20.8. The highest BCUT2D eigenvalue weighted by Crippen LogP contribution is 2.26. The van der Waals surface area contributed by atoms with Gasteiger partial charge in [0.15, 0.2) is 0 Å². The molecule has 2 rings (SSSR count). The van der Waals surface area contributed by atoms with Crippen LogP contribution in [0.5, 0.6) is 0 Å². The molecule has 0 heterocycles. The molecule has 0 aromatic heterocycles. The lowest BCUT2D eigenvalue weighted by Gasteiger charge is -2.32. The maximum Gasteiger partial charge on any atom is 0.244 e. The predicted molar refractivity (Wildman–Crippen MR) is 129 cm³/mol. The molecule has 0 radical (unpaired) electrons. The number of halogens is 2. The van der Waals surface area contributed by atoms with Crippen molar-refractivity contribution < 1.29 is 18.0 Å². The summed E-state index contributed by atoms with van der Waals surface area (Å²) in [5.74, 6) is -0.861. The van der Waals surface area contributed by atoms with E-state index in [0.717, 1.165) is 16.1 Å². The first-order valence-electron chi connectivity index (χ1n) is 9.99. The van der Waals surface area contributed by atoms with Gasteiger partial charge in [0.1, 0.15) is 12.6 Å². The van der Waals surface area contributed by atoms with E-state index in [1.54, 1.807) is 63.2 Å². The van der Waals surface area contributed by atoms with Crippen LogP contribution < -0.4 is 9.62 Å². The summed E-state index contributed by atoms with van der Waals surface area (Å²) < 4.78 is 26.1. The van der Waals surface area contributed by atoms with Crippen LogP contribution in [0.1, 0.15) is 25.0 Å². The van der Waals surface area contributed by atoms with Crippen LogP contribution in [0, 0.1) is 6.92 Å². The van der Waals surface area contributed by atoms with Crippen molar-refractivity contribution in [3.63, 3.8) is 0 Å². The third-order valence-corrected chi connectivity index (χ3v) is 6.46. The minimum atomic E-state index is -3.80. The summed E-state index contributed by atoms with van der Waals surface area (Å²) in [5, 5.41) is 3.66. The Balaban J connectivity index is 2.42. The van der Waals surface area contributed by atoms with Crippen molar-refractivity contribution in [2.45, 2.75) is 33.4 Å². The highest BCUT2D eigenvalue weighted by Gasteiger charge is 2.30. The number of carbonyl (C=O) groups excluding carboxylic acids is 2. The highest BCUT2D eigenvalue weighted by molar-refractivity contribution is 7.92. The largest absolute Gasteiger partial charge is 0.355 e. The number of sulfonamides is 1. The third kappa shape index (κ3) is 6.85. The summed E-state index contributed by atoms with van der Waals surface area (Å²) in [5.41, 5.74) is 1.67. The van der Waals surface area contributed by atoms with Crippen LogP contribution in [-0.4, -0.2) is 50.5 Å². The summed E-state index contributed by atoms with van der Waals surface area (Å²) in [7, 11) is -3.80. The Hall–Kier alpha value is -2.29. The lowest BCUT2D eigenvalue weighted by atomic mass is 10.1. The number of anilines is 1. The summed E-state index contributed by atoms with van der Waals surface area (Å²) in [6, 6.07) is 10.9. The van der Waals surface area contributed by atoms with E-state index in [2.05, 4.69) is 5.32 Å². The quantitative estimate of drug-likeness (QED) is 0.570. The van der Waals surface area contributed by atoms with Gasteiger partial charge in [0, 0.05) is 23.1 Å². The molecular formula is C22H27Cl2N3O4S. The molecular weight excluding hydrogens is 473 g/mol. The fraction of sp³-hybridized carbons (Fsp3) is 0.364. The standard InChI is InChI=1S/C22H27Cl2N3O4S/c1-5-25-22(29)16(3)26(13-17-7-6-8-18(23)12-17)21(28)14-27(32(4,30)31)20-10-9-19(24)11-15(20)2/h6-12,16H,5,13-14H2,1-4H3,(H,25,29)/t16-/m1/s1. The zero-order valence-electron chi connectivity index (χ0n) is 18.4. The summed E-state index contributed by atoms with van der Waals surface area (Å²) in [6.07, 6.45) is 1.03. The number of aryl methyl sites for hydroxylation is 1. The van der Waals surface area contributed by atoms with E-state index in [0.29, 0.717) is 27.8 Å². The Morgan fingerprint density at radius 2 is 1.75 bits per heavy atom. The monoisotopic (exact) mass is 499 g/mol. The molecule has 2 amide bonds. The second-order valence-electron chi connectivity index (χ2n) is 7.42.